The SMILES string of the molecule is CC1CN(c2ncc(Cl)c(O)n2)CCC1(F)F. The quantitative estimate of drug-likeness (QED) is 0.845. The molecule has 0 aromatic carbocycles. The minimum Gasteiger partial charge on any atom is -0.492 e. The van der Waals surface area contributed by atoms with E-state index in [9.17, 15) is 13.9 Å². The molecule has 4 nitrogen and oxygen atoms in total. The van der Waals surface area contributed by atoms with Crippen LogP contribution in [0.25, 0.3) is 0 Å². The first-order valence-corrected chi connectivity index (χ1v) is 5.62. The lowest BCUT2D eigenvalue weighted by Crippen LogP contribution is -2.46. The highest BCUT2D eigenvalue weighted by molar-refractivity contribution is 6.31. The number of aromatic hydroxyl groups is 1. The molecule has 0 amide bonds. The lowest BCUT2D eigenvalue weighted by molar-refractivity contribution is -0.0653. The first kappa shape index (κ1) is 12.3. The highest BCUT2D eigenvalue weighted by atomic mass is 35.5. The predicted molar refractivity (Wildman–Crippen MR) is 59.6 cm³/mol. The third kappa shape index (κ3) is 2.41. The molecule has 1 aromatic rings. The van der Waals surface area contributed by atoms with Crippen LogP contribution in [-0.2, 0) is 0 Å². The molecule has 0 bridgehead atoms. The Labute approximate surface area is 102 Å². The molecule has 17 heavy (non-hydrogen) atoms. The number of piperidine rings is 1. The number of nitrogens with zero attached hydrogens (tertiary/aromatic N) is 3. The molecule has 1 aromatic heterocycles. The first-order chi connectivity index (χ1) is 7.90. The van der Waals surface area contributed by atoms with Gasteiger partial charge in [0.15, 0.2) is 0 Å². The summed E-state index contributed by atoms with van der Waals surface area (Å²) in [7, 11) is 0. The third-order valence-corrected chi connectivity index (χ3v) is 3.19. The minimum atomic E-state index is -2.65. The normalized spacial score (nSPS) is 23.8. The second-order valence-electron chi connectivity index (χ2n) is 4.20. The summed E-state index contributed by atoms with van der Waals surface area (Å²) in [5.74, 6) is -3.51. The maximum absolute atomic E-state index is 13.3. The average molecular weight is 264 g/mol. The van der Waals surface area contributed by atoms with E-state index in [1.165, 1.54) is 13.1 Å². The van der Waals surface area contributed by atoms with Gasteiger partial charge in [0.1, 0.15) is 5.02 Å². The summed E-state index contributed by atoms with van der Waals surface area (Å²) in [5, 5.41) is 9.39. The van der Waals surface area contributed by atoms with E-state index in [0.717, 1.165) is 0 Å². The van der Waals surface area contributed by atoms with Crippen LogP contribution < -0.4 is 4.90 Å². The Hall–Kier alpha value is -1.17. The van der Waals surface area contributed by atoms with Crippen LogP contribution >= 0.6 is 11.6 Å². The van der Waals surface area contributed by atoms with Crippen LogP contribution in [-0.4, -0.2) is 34.1 Å². The van der Waals surface area contributed by atoms with Crippen molar-refractivity contribution < 1.29 is 13.9 Å². The fourth-order valence-corrected chi connectivity index (χ4v) is 1.86. The Morgan fingerprint density at radius 3 is 2.88 bits per heavy atom. The van der Waals surface area contributed by atoms with Crippen molar-refractivity contribution in [1.29, 1.82) is 0 Å². The molecule has 1 aliphatic rings. The lowest BCUT2D eigenvalue weighted by atomic mass is 9.96. The van der Waals surface area contributed by atoms with Crippen molar-refractivity contribution in [2.45, 2.75) is 19.3 Å². The zero-order valence-electron chi connectivity index (χ0n) is 9.20. The fraction of sp³-hybridized carbons (Fsp3) is 0.600. The van der Waals surface area contributed by atoms with E-state index in [4.69, 9.17) is 11.6 Å². The molecule has 7 heteroatoms. The molecule has 1 fully saturated rings. The highest BCUT2D eigenvalue weighted by Gasteiger charge is 2.41. The van der Waals surface area contributed by atoms with E-state index in [1.807, 2.05) is 0 Å². The van der Waals surface area contributed by atoms with Crippen LogP contribution in [0.4, 0.5) is 14.7 Å². The van der Waals surface area contributed by atoms with E-state index in [2.05, 4.69) is 9.97 Å². The van der Waals surface area contributed by atoms with Gasteiger partial charge < -0.3 is 10.0 Å². The van der Waals surface area contributed by atoms with E-state index in [1.54, 1.807) is 4.90 Å². The van der Waals surface area contributed by atoms with Crippen molar-refractivity contribution >= 4 is 17.5 Å². The second-order valence-corrected chi connectivity index (χ2v) is 4.61. The third-order valence-electron chi connectivity index (χ3n) is 2.93. The van der Waals surface area contributed by atoms with Crippen molar-refractivity contribution in [3.63, 3.8) is 0 Å². The number of aromatic nitrogens is 2. The zero-order valence-corrected chi connectivity index (χ0v) is 9.95. The van der Waals surface area contributed by atoms with Gasteiger partial charge in [-0.3, -0.25) is 0 Å². The van der Waals surface area contributed by atoms with Gasteiger partial charge in [0, 0.05) is 25.4 Å². The van der Waals surface area contributed by atoms with Crippen molar-refractivity contribution in [2.75, 3.05) is 18.0 Å². The average Bonchev–Trinajstić information content (AvgIpc) is 2.26. The number of anilines is 1. The molecule has 1 N–H and O–H groups in total. The molecule has 0 radical (unpaired) electrons. The Morgan fingerprint density at radius 2 is 2.29 bits per heavy atom. The van der Waals surface area contributed by atoms with Gasteiger partial charge in [-0.15, -0.1) is 0 Å². The van der Waals surface area contributed by atoms with Crippen LogP contribution in [0, 0.1) is 5.92 Å². The molecule has 1 saturated heterocycles. The summed E-state index contributed by atoms with van der Waals surface area (Å²) in [6.45, 7) is 1.81. The topological polar surface area (TPSA) is 49.2 Å². The van der Waals surface area contributed by atoms with Gasteiger partial charge in [-0.05, 0) is 0 Å². The Kier molecular flexibility index (Phi) is 3.07. The second kappa shape index (κ2) is 4.25. The summed E-state index contributed by atoms with van der Waals surface area (Å²) in [5.41, 5.74) is 0. The summed E-state index contributed by atoms with van der Waals surface area (Å²) in [4.78, 5) is 9.32. The van der Waals surface area contributed by atoms with Crippen LogP contribution in [0.1, 0.15) is 13.3 Å². The van der Waals surface area contributed by atoms with Crippen LogP contribution in [0.5, 0.6) is 5.88 Å². The summed E-state index contributed by atoms with van der Waals surface area (Å²) < 4.78 is 26.6. The van der Waals surface area contributed by atoms with Crippen LogP contribution in [0.15, 0.2) is 6.20 Å². The molecule has 0 spiro atoms. The van der Waals surface area contributed by atoms with Gasteiger partial charge in [-0.2, -0.15) is 4.98 Å². The van der Waals surface area contributed by atoms with Crippen molar-refractivity contribution in [1.82, 2.24) is 9.97 Å². The molecule has 2 rings (SSSR count). The molecular weight excluding hydrogens is 252 g/mol. The first-order valence-electron chi connectivity index (χ1n) is 5.24. The van der Waals surface area contributed by atoms with Crippen molar-refractivity contribution in [2.24, 2.45) is 5.92 Å². The maximum Gasteiger partial charge on any atom is 0.254 e. The molecule has 94 valence electrons. The van der Waals surface area contributed by atoms with Crippen molar-refractivity contribution in [3.8, 4) is 5.88 Å². The van der Waals surface area contributed by atoms with Gasteiger partial charge in [0.25, 0.3) is 5.92 Å². The summed E-state index contributed by atoms with van der Waals surface area (Å²) in [6.07, 6.45) is 1.03. The number of hydrogen-bond acceptors (Lipinski definition) is 4. The molecule has 0 aliphatic carbocycles. The molecule has 1 atom stereocenters. The fourth-order valence-electron chi connectivity index (χ4n) is 1.77. The largest absolute Gasteiger partial charge is 0.492 e. The maximum atomic E-state index is 13.3. The molecule has 1 aliphatic heterocycles. The number of rotatable bonds is 1. The summed E-state index contributed by atoms with van der Waals surface area (Å²) in [6, 6.07) is 0. The lowest BCUT2D eigenvalue weighted by Gasteiger charge is -2.36. The minimum absolute atomic E-state index is 0.0455. The van der Waals surface area contributed by atoms with E-state index < -0.39 is 11.8 Å². The number of hydrogen-bond donors (Lipinski definition) is 1. The van der Waals surface area contributed by atoms with Crippen LogP contribution in [0.2, 0.25) is 5.02 Å². The van der Waals surface area contributed by atoms with Crippen LogP contribution in [0.3, 0.4) is 0 Å². The van der Waals surface area contributed by atoms with E-state index in [-0.39, 0.29) is 36.4 Å². The monoisotopic (exact) mass is 263 g/mol. The number of alkyl halides is 2. The Bertz CT molecular complexity index is 430. The number of halogens is 3. The van der Waals surface area contributed by atoms with Crippen molar-refractivity contribution in [3.05, 3.63) is 11.2 Å². The molecular formula is C10H12ClF2N3O. The highest BCUT2D eigenvalue weighted by Crippen LogP contribution is 2.34. The van der Waals surface area contributed by atoms with Gasteiger partial charge in [-0.1, -0.05) is 18.5 Å². The molecule has 1 unspecified atom stereocenters. The van der Waals surface area contributed by atoms with Gasteiger partial charge in [0.05, 0.1) is 6.20 Å². The predicted octanol–water partition coefficient (Wildman–Crippen LogP) is 2.32. The Morgan fingerprint density at radius 1 is 1.59 bits per heavy atom. The molecule has 2 heterocycles. The zero-order chi connectivity index (χ0) is 12.6. The van der Waals surface area contributed by atoms with Gasteiger partial charge in [-0.25, -0.2) is 13.8 Å². The standard InChI is InChI=1S/C10H12ClF2N3O/c1-6-5-16(3-2-10(6,12)13)9-14-4-7(11)8(17)15-9/h4,6H,2-3,5H2,1H3,(H,14,15,17). The molecule has 0 saturated carbocycles. The Balaban J connectivity index is 2.17. The van der Waals surface area contributed by atoms with E-state index >= 15 is 0 Å². The smallest absolute Gasteiger partial charge is 0.254 e. The van der Waals surface area contributed by atoms with Gasteiger partial charge in [0.2, 0.25) is 11.8 Å². The van der Waals surface area contributed by atoms with Gasteiger partial charge >= 0.3 is 0 Å². The van der Waals surface area contributed by atoms with E-state index in [0.29, 0.717) is 0 Å². The summed E-state index contributed by atoms with van der Waals surface area (Å²) >= 11 is 5.58.